The maximum absolute atomic E-state index is 5.79. The highest BCUT2D eigenvalue weighted by molar-refractivity contribution is 5.51. The highest BCUT2D eigenvalue weighted by Crippen LogP contribution is 2.25. The summed E-state index contributed by atoms with van der Waals surface area (Å²) in [4.78, 5) is 6.67. The first-order valence-electron chi connectivity index (χ1n) is 6.60. The Kier molecular flexibility index (Phi) is 3.87. The van der Waals surface area contributed by atoms with Gasteiger partial charge in [-0.3, -0.25) is 0 Å². The molecule has 0 saturated heterocycles. The molecular weight excluding hydrogens is 210 g/mol. The molecule has 1 aliphatic rings. The van der Waals surface area contributed by atoms with Crippen molar-refractivity contribution in [2.24, 2.45) is 5.92 Å². The van der Waals surface area contributed by atoms with Crippen LogP contribution in [0.1, 0.15) is 37.7 Å². The summed E-state index contributed by atoms with van der Waals surface area (Å²) in [6.07, 6.45) is 8.72. The van der Waals surface area contributed by atoms with E-state index < -0.39 is 0 Å². The molecule has 94 valence electrons. The van der Waals surface area contributed by atoms with E-state index in [2.05, 4.69) is 23.0 Å². The van der Waals surface area contributed by atoms with Crippen LogP contribution in [0.5, 0.6) is 0 Å². The Balaban J connectivity index is 1.98. The molecule has 1 heterocycles. The summed E-state index contributed by atoms with van der Waals surface area (Å²) in [7, 11) is 2.13. The van der Waals surface area contributed by atoms with Gasteiger partial charge in [-0.1, -0.05) is 19.3 Å². The number of rotatable bonds is 3. The molecule has 0 aliphatic heterocycles. The second-order valence-electron chi connectivity index (χ2n) is 5.28. The number of aryl methyl sites for hydroxylation is 1. The summed E-state index contributed by atoms with van der Waals surface area (Å²) < 4.78 is 0. The van der Waals surface area contributed by atoms with Crippen LogP contribution in [0.15, 0.2) is 12.3 Å². The van der Waals surface area contributed by atoms with Crippen molar-refractivity contribution in [2.45, 2.75) is 39.0 Å². The van der Waals surface area contributed by atoms with E-state index in [4.69, 9.17) is 5.73 Å². The Labute approximate surface area is 104 Å². The van der Waals surface area contributed by atoms with Crippen LogP contribution >= 0.6 is 0 Å². The molecule has 0 spiro atoms. The van der Waals surface area contributed by atoms with Crippen molar-refractivity contribution in [1.82, 2.24) is 4.98 Å². The van der Waals surface area contributed by atoms with E-state index in [1.165, 1.54) is 32.1 Å². The summed E-state index contributed by atoms with van der Waals surface area (Å²) >= 11 is 0. The zero-order chi connectivity index (χ0) is 12.3. The van der Waals surface area contributed by atoms with E-state index in [1.54, 1.807) is 6.20 Å². The van der Waals surface area contributed by atoms with E-state index in [1.807, 2.05) is 6.92 Å². The van der Waals surface area contributed by atoms with Gasteiger partial charge in [0.1, 0.15) is 5.82 Å². The van der Waals surface area contributed by atoms with E-state index >= 15 is 0 Å². The average Bonchev–Trinajstić information content (AvgIpc) is 2.34. The highest BCUT2D eigenvalue weighted by atomic mass is 15.2. The lowest BCUT2D eigenvalue weighted by Crippen LogP contribution is -2.27. The van der Waals surface area contributed by atoms with Crippen LogP contribution in [-0.2, 0) is 0 Å². The third-order valence-electron chi connectivity index (χ3n) is 3.78. The Morgan fingerprint density at radius 3 is 2.71 bits per heavy atom. The molecule has 0 atom stereocenters. The highest BCUT2D eigenvalue weighted by Gasteiger charge is 2.16. The van der Waals surface area contributed by atoms with Gasteiger partial charge in [-0.15, -0.1) is 0 Å². The van der Waals surface area contributed by atoms with E-state index in [9.17, 15) is 0 Å². The monoisotopic (exact) mass is 233 g/mol. The van der Waals surface area contributed by atoms with Gasteiger partial charge in [0.2, 0.25) is 0 Å². The predicted octanol–water partition coefficient (Wildman–Crippen LogP) is 2.99. The molecule has 17 heavy (non-hydrogen) atoms. The maximum atomic E-state index is 5.79. The largest absolute Gasteiger partial charge is 0.397 e. The van der Waals surface area contributed by atoms with Crippen LogP contribution in [0.4, 0.5) is 11.5 Å². The summed E-state index contributed by atoms with van der Waals surface area (Å²) in [5, 5.41) is 0. The predicted molar refractivity (Wildman–Crippen MR) is 73.2 cm³/mol. The minimum atomic E-state index is 0.778. The third kappa shape index (κ3) is 3.11. The SMILES string of the molecule is Cc1cc(N(C)CC2CCCCC2)ncc1N. The fourth-order valence-corrected chi connectivity index (χ4v) is 2.61. The van der Waals surface area contributed by atoms with Gasteiger partial charge in [-0.25, -0.2) is 4.98 Å². The number of pyridine rings is 1. The number of nitrogens with two attached hydrogens (primary N) is 1. The number of nitrogens with zero attached hydrogens (tertiary/aromatic N) is 2. The summed E-state index contributed by atoms with van der Waals surface area (Å²) in [6, 6.07) is 2.08. The van der Waals surface area contributed by atoms with Gasteiger partial charge in [-0.2, -0.15) is 0 Å². The number of hydrogen-bond acceptors (Lipinski definition) is 3. The zero-order valence-corrected chi connectivity index (χ0v) is 10.9. The van der Waals surface area contributed by atoms with Crippen LogP contribution in [0.2, 0.25) is 0 Å². The third-order valence-corrected chi connectivity index (χ3v) is 3.78. The Bertz CT molecular complexity index is 370. The van der Waals surface area contributed by atoms with Crippen molar-refractivity contribution < 1.29 is 0 Å². The fourth-order valence-electron chi connectivity index (χ4n) is 2.61. The van der Waals surface area contributed by atoms with Gasteiger partial charge < -0.3 is 10.6 Å². The lowest BCUT2D eigenvalue weighted by molar-refractivity contribution is 0.361. The molecule has 1 aliphatic carbocycles. The fraction of sp³-hybridized carbons (Fsp3) is 0.643. The van der Waals surface area contributed by atoms with Crippen molar-refractivity contribution in [2.75, 3.05) is 24.2 Å². The average molecular weight is 233 g/mol. The Hall–Kier alpha value is -1.25. The quantitative estimate of drug-likeness (QED) is 0.872. The van der Waals surface area contributed by atoms with Gasteiger partial charge in [0.25, 0.3) is 0 Å². The lowest BCUT2D eigenvalue weighted by atomic mass is 9.89. The summed E-state index contributed by atoms with van der Waals surface area (Å²) in [5.41, 5.74) is 7.69. The zero-order valence-electron chi connectivity index (χ0n) is 10.9. The van der Waals surface area contributed by atoms with Crippen molar-refractivity contribution in [3.8, 4) is 0 Å². The molecule has 0 unspecified atom stereocenters. The molecular formula is C14H23N3. The second kappa shape index (κ2) is 5.39. The van der Waals surface area contributed by atoms with Crippen LogP contribution in [0.25, 0.3) is 0 Å². The Morgan fingerprint density at radius 2 is 2.06 bits per heavy atom. The molecule has 3 heteroatoms. The van der Waals surface area contributed by atoms with E-state index in [0.717, 1.165) is 29.5 Å². The molecule has 1 fully saturated rings. The summed E-state index contributed by atoms with van der Waals surface area (Å²) in [6.45, 7) is 3.16. The van der Waals surface area contributed by atoms with Crippen molar-refractivity contribution in [3.05, 3.63) is 17.8 Å². The lowest BCUT2D eigenvalue weighted by Gasteiger charge is -2.27. The molecule has 0 radical (unpaired) electrons. The topological polar surface area (TPSA) is 42.2 Å². The molecule has 2 rings (SSSR count). The van der Waals surface area contributed by atoms with Crippen LogP contribution < -0.4 is 10.6 Å². The van der Waals surface area contributed by atoms with Gasteiger partial charge >= 0.3 is 0 Å². The van der Waals surface area contributed by atoms with Gasteiger partial charge in [0.15, 0.2) is 0 Å². The minimum absolute atomic E-state index is 0.778. The second-order valence-corrected chi connectivity index (χ2v) is 5.28. The number of anilines is 2. The van der Waals surface area contributed by atoms with E-state index in [0.29, 0.717) is 0 Å². The van der Waals surface area contributed by atoms with E-state index in [-0.39, 0.29) is 0 Å². The molecule has 1 aromatic rings. The van der Waals surface area contributed by atoms with Crippen LogP contribution in [0.3, 0.4) is 0 Å². The molecule has 2 N–H and O–H groups in total. The summed E-state index contributed by atoms with van der Waals surface area (Å²) in [5.74, 6) is 1.88. The Morgan fingerprint density at radius 1 is 1.35 bits per heavy atom. The van der Waals surface area contributed by atoms with Crippen molar-refractivity contribution in [1.29, 1.82) is 0 Å². The molecule has 0 amide bonds. The van der Waals surface area contributed by atoms with Gasteiger partial charge in [0, 0.05) is 13.6 Å². The smallest absolute Gasteiger partial charge is 0.128 e. The van der Waals surface area contributed by atoms with Crippen molar-refractivity contribution >= 4 is 11.5 Å². The van der Waals surface area contributed by atoms with Crippen LogP contribution in [0, 0.1) is 12.8 Å². The number of nitrogen functional groups attached to an aromatic ring is 1. The number of aromatic nitrogens is 1. The molecule has 1 aromatic heterocycles. The maximum Gasteiger partial charge on any atom is 0.128 e. The molecule has 1 saturated carbocycles. The van der Waals surface area contributed by atoms with Crippen LogP contribution in [-0.4, -0.2) is 18.6 Å². The molecule has 0 bridgehead atoms. The van der Waals surface area contributed by atoms with Gasteiger partial charge in [0.05, 0.1) is 11.9 Å². The van der Waals surface area contributed by atoms with Gasteiger partial charge in [-0.05, 0) is 37.3 Å². The van der Waals surface area contributed by atoms with Crippen molar-refractivity contribution in [3.63, 3.8) is 0 Å². The minimum Gasteiger partial charge on any atom is -0.397 e. The first-order chi connectivity index (χ1) is 8.16. The molecule has 0 aromatic carbocycles. The first kappa shape index (κ1) is 12.2. The normalized spacial score (nSPS) is 17.1. The standard InChI is InChI=1S/C14H23N3/c1-11-8-14(16-9-13(11)15)17(2)10-12-6-4-3-5-7-12/h8-9,12H,3-7,10,15H2,1-2H3. The number of hydrogen-bond donors (Lipinski definition) is 1. The first-order valence-corrected chi connectivity index (χ1v) is 6.60. The molecule has 3 nitrogen and oxygen atoms in total.